The predicted octanol–water partition coefficient (Wildman–Crippen LogP) is 5.64. The first kappa shape index (κ1) is 20.2. The van der Waals surface area contributed by atoms with E-state index in [9.17, 15) is 0 Å². The molecule has 1 fully saturated rings. The largest absolute Gasteiger partial charge is 0.490 e. The Morgan fingerprint density at radius 2 is 1.88 bits per heavy atom. The zero-order valence-corrected chi connectivity index (χ0v) is 16.4. The van der Waals surface area contributed by atoms with E-state index in [1.54, 1.807) is 6.07 Å². The molecule has 1 aliphatic carbocycles. The van der Waals surface area contributed by atoms with Crippen molar-refractivity contribution < 1.29 is 9.47 Å². The van der Waals surface area contributed by atoms with Crippen LogP contribution < -0.4 is 14.8 Å². The van der Waals surface area contributed by atoms with Gasteiger partial charge in [-0.25, -0.2) is 0 Å². The minimum atomic E-state index is 0. The molecule has 0 radical (unpaired) electrons. The minimum Gasteiger partial charge on any atom is -0.490 e. The van der Waals surface area contributed by atoms with Crippen LogP contribution >= 0.6 is 35.6 Å². The van der Waals surface area contributed by atoms with Crippen molar-refractivity contribution >= 4 is 35.6 Å². The van der Waals surface area contributed by atoms with Crippen LogP contribution in [0, 0.1) is 0 Å². The standard InChI is InChI=1S/C19H21Cl2NO2.ClH/c1-2-23-18-5-3-4-13(11-22-16-8-9-16)19(18)24-12-14-6-7-15(20)10-17(14)21;/h3-7,10,16,22H,2,8-9,11-12H2,1H3;1H. The first-order valence-electron chi connectivity index (χ1n) is 8.22. The smallest absolute Gasteiger partial charge is 0.166 e. The van der Waals surface area contributed by atoms with E-state index in [0.29, 0.717) is 29.3 Å². The van der Waals surface area contributed by atoms with Gasteiger partial charge in [-0.15, -0.1) is 12.4 Å². The first-order chi connectivity index (χ1) is 11.7. The SMILES string of the molecule is CCOc1cccc(CNC2CC2)c1OCc1ccc(Cl)cc1Cl.Cl. The third kappa shape index (κ3) is 5.68. The Labute approximate surface area is 165 Å². The number of benzene rings is 2. The molecule has 0 heterocycles. The van der Waals surface area contributed by atoms with Crippen LogP contribution in [0.3, 0.4) is 0 Å². The summed E-state index contributed by atoms with van der Waals surface area (Å²) in [5, 5.41) is 4.74. The van der Waals surface area contributed by atoms with Crippen LogP contribution in [0.25, 0.3) is 0 Å². The molecule has 0 aromatic heterocycles. The molecule has 0 amide bonds. The Balaban J connectivity index is 0.00000225. The fourth-order valence-corrected chi connectivity index (χ4v) is 2.93. The van der Waals surface area contributed by atoms with Crippen LogP contribution in [0.15, 0.2) is 36.4 Å². The Bertz CT molecular complexity index is 705. The average molecular weight is 403 g/mol. The summed E-state index contributed by atoms with van der Waals surface area (Å²) < 4.78 is 11.8. The predicted molar refractivity (Wildman–Crippen MR) is 106 cm³/mol. The molecule has 0 aliphatic heterocycles. The lowest BCUT2D eigenvalue weighted by Crippen LogP contribution is -2.16. The van der Waals surface area contributed by atoms with Gasteiger partial charge in [-0.3, -0.25) is 0 Å². The van der Waals surface area contributed by atoms with E-state index in [0.717, 1.165) is 29.2 Å². The maximum absolute atomic E-state index is 6.24. The van der Waals surface area contributed by atoms with Crippen LogP contribution in [0.2, 0.25) is 10.0 Å². The highest BCUT2D eigenvalue weighted by atomic mass is 35.5. The topological polar surface area (TPSA) is 30.5 Å². The molecule has 0 bridgehead atoms. The van der Waals surface area contributed by atoms with Crippen LogP contribution in [-0.4, -0.2) is 12.6 Å². The van der Waals surface area contributed by atoms with Gasteiger partial charge in [-0.05, 0) is 38.0 Å². The zero-order chi connectivity index (χ0) is 16.9. The van der Waals surface area contributed by atoms with E-state index in [1.807, 2.05) is 31.2 Å². The molecular weight excluding hydrogens is 381 g/mol. The van der Waals surface area contributed by atoms with Gasteiger partial charge in [0.05, 0.1) is 6.61 Å². The number of halogens is 3. The van der Waals surface area contributed by atoms with E-state index in [2.05, 4.69) is 11.4 Å². The molecule has 25 heavy (non-hydrogen) atoms. The van der Waals surface area contributed by atoms with Gasteiger partial charge in [0.15, 0.2) is 11.5 Å². The summed E-state index contributed by atoms with van der Waals surface area (Å²) in [5.74, 6) is 1.54. The van der Waals surface area contributed by atoms with E-state index < -0.39 is 0 Å². The maximum atomic E-state index is 6.24. The van der Waals surface area contributed by atoms with Crippen molar-refractivity contribution in [3.63, 3.8) is 0 Å². The number of para-hydroxylation sites is 1. The molecule has 0 atom stereocenters. The summed E-state index contributed by atoms with van der Waals surface area (Å²) >= 11 is 12.2. The molecule has 0 unspecified atom stereocenters. The molecule has 1 saturated carbocycles. The quantitative estimate of drug-likeness (QED) is 0.619. The lowest BCUT2D eigenvalue weighted by molar-refractivity contribution is 0.266. The number of nitrogens with one attached hydrogen (secondary N) is 1. The molecule has 1 N–H and O–H groups in total. The molecule has 1 aliphatic rings. The monoisotopic (exact) mass is 401 g/mol. The maximum Gasteiger partial charge on any atom is 0.166 e. The molecule has 2 aromatic carbocycles. The van der Waals surface area contributed by atoms with E-state index in [-0.39, 0.29) is 12.4 Å². The van der Waals surface area contributed by atoms with Crippen molar-refractivity contribution in [1.29, 1.82) is 0 Å². The molecular formula is C19H22Cl3NO2. The van der Waals surface area contributed by atoms with E-state index in [4.69, 9.17) is 32.7 Å². The van der Waals surface area contributed by atoms with E-state index >= 15 is 0 Å². The van der Waals surface area contributed by atoms with Crippen LogP contribution in [0.1, 0.15) is 30.9 Å². The third-order valence-electron chi connectivity index (χ3n) is 3.91. The summed E-state index contributed by atoms with van der Waals surface area (Å²) in [7, 11) is 0. The lowest BCUT2D eigenvalue weighted by Gasteiger charge is -2.17. The van der Waals surface area contributed by atoms with Crippen LogP contribution in [-0.2, 0) is 13.2 Å². The van der Waals surface area contributed by atoms with Gasteiger partial charge in [0.25, 0.3) is 0 Å². The number of hydrogen-bond donors (Lipinski definition) is 1. The van der Waals surface area contributed by atoms with Crippen molar-refractivity contribution in [2.45, 2.75) is 39.0 Å². The number of ether oxygens (including phenoxy) is 2. The molecule has 3 rings (SSSR count). The summed E-state index contributed by atoms with van der Waals surface area (Å²) in [6, 6.07) is 12.1. The average Bonchev–Trinajstić information content (AvgIpc) is 3.38. The lowest BCUT2D eigenvalue weighted by atomic mass is 10.1. The highest BCUT2D eigenvalue weighted by molar-refractivity contribution is 6.35. The van der Waals surface area contributed by atoms with Gasteiger partial charge in [0.2, 0.25) is 0 Å². The molecule has 0 spiro atoms. The van der Waals surface area contributed by atoms with Gasteiger partial charge < -0.3 is 14.8 Å². The second kappa shape index (κ2) is 9.54. The highest BCUT2D eigenvalue weighted by Crippen LogP contribution is 2.33. The normalized spacial score (nSPS) is 13.2. The molecule has 136 valence electrons. The van der Waals surface area contributed by atoms with Crippen LogP contribution in [0.4, 0.5) is 0 Å². The fraction of sp³-hybridized carbons (Fsp3) is 0.368. The van der Waals surface area contributed by atoms with Gasteiger partial charge in [0, 0.05) is 33.8 Å². The van der Waals surface area contributed by atoms with Crippen molar-refractivity contribution in [2.24, 2.45) is 0 Å². The Morgan fingerprint density at radius 3 is 2.56 bits per heavy atom. The van der Waals surface area contributed by atoms with Crippen molar-refractivity contribution in [1.82, 2.24) is 5.32 Å². The summed E-state index contributed by atoms with van der Waals surface area (Å²) in [6.07, 6.45) is 2.50. The van der Waals surface area contributed by atoms with Crippen molar-refractivity contribution in [2.75, 3.05) is 6.61 Å². The van der Waals surface area contributed by atoms with Gasteiger partial charge in [-0.1, -0.05) is 41.4 Å². The number of rotatable bonds is 8. The Kier molecular flexibility index (Phi) is 7.70. The molecule has 2 aromatic rings. The van der Waals surface area contributed by atoms with E-state index in [1.165, 1.54) is 12.8 Å². The summed E-state index contributed by atoms with van der Waals surface area (Å²) in [6.45, 7) is 3.71. The summed E-state index contributed by atoms with van der Waals surface area (Å²) in [5.41, 5.74) is 1.99. The van der Waals surface area contributed by atoms with Crippen LogP contribution in [0.5, 0.6) is 11.5 Å². The van der Waals surface area contributed by atoms with Gasteiger partial charge >= 0.3 is 0 Å². The van der Waals surface area contributed by atoms with Crippen molar-refractivity contribution in [3.8, 4) is 11.5 Å². The third-order valence-corrected chi connectivity index (χ3v) is 4.49. The molecule has 0 saturated heterocycles. The fourth-order valence-electron chi connectivity index (χ4n) is 2.46. The van der Waals surface area contributed by atoms with Gasteiger partial charge in [0.1, 0.15) is 6.61 Å². The van der Waals surface area contributed by atoms with Gasteiger partial charge in [-0.2, -0.15) is 0 Å². The summed E-state index contributed by atoms with van der Waals surface area (Å²) in [4.78, 5) is 0. The molecule has 6 heteroatoms. The highest BCUT2D eigenvalue weighted by Gasteiger charge is 2.21. The number of hydrogen-bond acceptors (Lipinski definition) is 3. The second-order valence-electron chi connectivity index (χ2n) is 5.86. The first-order valence-corrected chi connectivity index (χ1v) is 8.97. The Morgan fingerprint density at radius 1 is 1.08 bits per heavy atom. The second-order valence-corrected chi connectivity index (χ2v) is 6.70. The minimum absolute atomic E-state index is 0. The Hall–Kier alpha value is -1.13. The van der Waals surface area contributed by atoms with Crippen molar-refractivity contribution in [3.05, 3.63) is 57.6 Å². The zero-order valence-electron chi connectivity index (χ0n) is 14.1. The molecule has 3 nitrogen and oxygen atoms in total.